The van der Waals surface area contributed by atoms with E-state index in [1.165, 1.54) is 0 Å². The number of rotatable bonds is 2. The average molecular weight is 238 g/mol. The van der Waals surface area contributed by atoms with Crippen molar-refractivity contribution >= 4 is 23.2 Å². The molecule has 1 nitrogen and oxygen atoms in total. The standard InChI is InChI=1S/C12H9Cl2N/c13-8-12-10(14)6-7-11(15-12)9-4-2-1-3-5-9/h1-7H,8H2. The minimum absolute atomic E-state index is 0.333. The van der Waals surface area contributed by atoms with E-state index in [4.69, 9.17) is 23.2 Å². The third-order valence-corrected chi connectivity index (χ3v) is 2.71. The first-order valence-electron chi connectivity index (χ1n) is 4.58. The second-order valence-corrected chi connectivity index (χ2v) is 3.80. The van der Waals surface area contributed by atoms with Crippen molar-refractivity contribution in [3.05, 3.63) is 53.2 Å². The van der Waals surface area contributed by atoms with Crippen LogP contribution in [-0.4, -0.2) is 4.98 Å². The molecule has 0 amide bonds. The molecule has 0 aliphatic carbocycles. The van der Waals surface area contributed by atoms with Crippen LogP contribution in [0.15, 0.2) is 42.5 Å². The molecule has 0 saturated heterocycles. The summed E-state index contributed by atoms with van der Waals surface area (Å²) in [5.74, 6) is 0.333. The van der Waals surface area contributed by atoms with Gasteiger partial charge >= 0.3 is 0 Å². The van der Waals surface area contributed by atoms with E-state index in [1.807, 2.05) is 42.5 Å². The quantitative estimate of drug-likeness (QED) is 0.716. The molecule has 1 heterocycles. The summed E-state index contributed by atoms with van der Waals surface area (Å²) >= 11 is 11.7. The molecule has 0 aliphatic heterocycles. The third-order valence-electron chi connectivity index (χ3n) is 2.11. The van der Waals surface area contributed by atoms with Crippen LogP contribution >= 0.6 is 23.2 Å². The van der Waals surface area contributed by atoms with Gasteiger partial charge in [-0.1, -0.05) is 41.9 Å². The van der Waals surface area contributed by atoms with Gasteiger partial charge in [0.1, 0.15) is 0 Å². The van der Waals surface area contributed by atoms with Crippen LogP contribution in [-0.2, 0) is 5.88 Å². The second kappa shape index (κ2) is 4.65. The van der Waals surface area contributed by atoms with E-state index in [0.29, 0.717) is 10.9 Å². The van der Waals surface area contributed by atoms with Gasteiger partial charge in [0.15, 0.2) is 0 Å². The van der Waals surface area contributed by atoms with Crippen molar-refractivity contribution in [3.63, 3.8) is 0 Å². The van der Waals surface area contributed by atoms with Crippen molar-refractivity contribution in [1.82, 2.24) is 4.98 Å². The van der Waals surface area contributed by atoms with Gasteiger partial charge in [-0.3, -0.25) is 4.98 Å². The van der Waals surface area contributed by atoms with Gasteiger partial charge in [0, 0.05) is 5.56 Å². The highest BCUT2D eigenvalue weighted by Gasteiger charge is 2.03. The van der Waals surface area contributed by atoms with E-state index in [2.05, 4.69) is 4.98 Å². The van der Waals surface area contributed by atoms with Gasteiger partial charge in [-0.2, -0.15) is 0 Å². The molecule has 1 aromatic heterocycles. The van der Waals surface area contributed by atoms with Crippen LogP contribution in [0.4, 0.5) is 0 Å². The number of hydrogen-bond donors (Lipinski definition) is 0. The molecular weight excluding hydrogens is 229 g/mol. The summed E-state index contributed by atoms with van der Waals surface area (Å²) in [4.78, 5) is 4.40. The van der Waals surface area contributed by atoms with Gasteiger partial charge in [0.2, 0.25) is 0 Å². The Hall–Kier alpha value is -1.05. The Morgan fingerprint density at radius 1 is 1.00 bits per heavy atom. The number of benzene rings is 1. The fourth-order valence-electron chi connectivity index (χ4n) is 1.35. The van der Waals surface area contributed by atoms with Gasteiger partial charge in [-0.05, 0) is 12.1 Å². The number of alkyl halides is 1. The Bertz CT molecular complexity index is 454. The molecule has 0 fully saturated rings. The monoisotopic (exact) mass is 237 g/mol. The molecule has 0 atom stereocenters. The normalized spacial score (nSPS) is 10.3. The highest BCUT2D eigenvalue weighted by atomic mass is 35.5. The highest BCUT2D eigenvalue weighted by Crippen LogP contribution is 2.22. The van der Waals surface area contributed by atoms with Crippen molar-refractivity contribution in [2.45, 2.75) is 5.88 Å². The molecule has 2 aromatic rings. The van der Waals surface area contributed by atoms with Gasteiger partial charge in [-0.25, -0.2) is 0 Å². The minimum Gasteiger partial charge on any atom is -0.250 e. The van der Waals surface area contributed by atoms with E-state index < -0.39 is 0 Å². The molecule has 15 heavy (non-hydrogen) atoms. The molecule has 0 aliphatic rings. The lowest BCUT2D eigenvalue weighted by Crippen LogP contribution is -1.90. The van der Waals surface area contributed by atoms with Crippen molar-refractivity contribution in [3.8, 4) is 11.3 Å². The molecule has 0 unspecified atom stereocenters. The van der Waals surface area contributed by atoms with E-state index in [9.17, 15) is 0 Å². The minimum atomic E-state index is 0.333. The van der Waals surface area contributed by atoms with Crippen molar-refractivity contribution in [2.24, 2.45) is 0 Å². The Balaban J connectivity index is 2.46. The zero-order chi connectivity index (χ0) is 10.7. The molecule has 0 radical (unpaired) electrons. The predicted octanol–water partition coefficient (Wildman–Crippen LogP) is 4.14. The lowest BCUT2D eigenvalue weighted by molar-refractivity contribution is 1.17. The zero-order valence-corrected chi connectivity index (χ0v) is 9.46. The third kappa shape index (κ3) is 2.31. The average Bonchev–Trinajstić information content (AvgIpc) is 2.31. The Kier molecular flexibility index (Phi) is 3.24. The van der Waals surface area contributed by atoms with E-state index in [0.717, 1.165) is 17.0 Å². The molecule has 0 saturated carbocycles. The largest absolute Gasteiger partial charge is 0.250 e. The summed E-state index contributed by atoms with van der Waals surface area (Å²) in [5, 5.41) is 0.615. The Labute approximate surface area is 98.7 Å². The lowest BCUT2D eigenvalue weighted by atomic mass is 10.1. The van der Waals surface area contributed by atoms with Crippen LogP contribution in [0.1, 0.15) is 5.69 Å². The maximum Gasteiger partial charge on any atom is 0.0744 e. The first-order valence-corrected chi connectivity index (χ1v) is 5.49. The molecular formula is C12H9Cl2N. The maximum absolute atomic E-state index is 5.94. The van der Waals surface area contributed by atoms with E-state index >= 15 is 0 Å². The van der Waals surface area contributed by atoms with Gasteiger partial charge in [0.05, 0.1) is 22.3 Å². The summed E-state index contributed by atoms with van der Waals surface area (Å²) in [6.07, 6.45) is 0. The summed E-state index contributed by atoms with van der Waals surface area (Å²) in [6.45, 7) is 0. The van der Waals surface area contributed by atoms with Crippen LogP contribution < -0.4 is 0 Å². The van der Waals surface area contributed by atoms with Crippen LogP contribution in [0, 0.1) is 0 Å². The zero-order valence-electron chi connectivity index (χ0n) is 7.95. The first kappa shape index (κ1) is 10.5. The molecule has 0 bridgehead atoms. The van der Waals surface area contributed by atoms with Crippen LogP contribution in [0.2, 0.25) is 5.02 Å². The van der Waals surface area contributed by atoms with Crippen molar-refractivity contribution in [2.75, 3.05) is 0 Å². The number of aromatic nitrogens is 1. The number of hydrogen-bond acceptors (Lipinski definition) is 1. The van der Waals surface area contributed by atoms with E-state index in [1.54, 1.807) is 0 Å². The van der Waals surface area contributed by atoms with Crippen LogP contribution in [0.25, 0.3) is 11.3 Å². The van der Waals surface area contributed by atoms with E-state index in [-0.39, 0.29) is 0 Å². The molecule has 1 aromatic carbocycles. The summed E-state index contributed by atoms with van der Waals surface area (Å²) < 4.78 is 0. The fourth-order valence-corrected chi connectivity index (χ4v) is 1.79. The highest BCUT2D eigenvalue weighted by molar-refractivity contribution is 6.32. The Morgan fingerprint density at radius 3 is 2.40 bits per heavy atom. The summed E-state index contributed by atoms with van der Waals surface area (Å²) in [5.41, 5.74) is 2.69. The molecule has 2 rings (SSSR count). The smallest absolute Gasteiger partial charge is 0.0744 e. The fraction of sp³-hybridized carbons (Fsp3) is 0.0833. The van der Waals surface area contributed by atoms with Gasteiger partial charge < -0.3 is 0 Å². The predicted molar refractivity (Wildman–Crippen MR) is 64.2 cm³/mol. The summed E-state index contributed by atoms with van der Waals surface area (Å²) in [7, 11) is 0. The lowest BCUT2D eigenvalue weighted by Gasteiger charge is -2.04. The van der Waals surface area contributed by atoms with Crippen LogP contribution in [0.5, 0.6) is 0 Å². The second-order valence-electron chi connectivity index (χ2n) is 3.12. The molecule has 3 heteroatoms. The number of nitrogens with zero attached hydrogens (tertiary/aromatic N) is 1. The van der Waals surface area contributed by atoms with Gasteiger partial charge in [0.25, 0.3) is 0 Å². The molecule has 76 valence electrons. The first-order chi connectivity index (χ1) is 7.31. The van der Waals surface area contributed by atoms with Gasteiger partial charge in [-0.15, -0.1) is 11.6 Å². The number of halogens is 2. The van der Waals surface area contributed by atoms with Crippen LogP contribution in [0.3, 0.4) is 0 Å². The molecule has 0 spiro atoms. The van der Waals surface area contributed by atoms with Crippen molar-refractivity contribution in [1.29, 1.82) is 0 Å². The Morgan fingerprint density at radius 2 is 1.73 bits per heavy atom. The molecule has 0 N–H and O–H groups in total. The number of pyridine rings is 1. The summed E-state index contributed by atoms with van der Waals surface area (Å²) in [6, 6.07) is 13.7. The maximum atomic E-state index is 5.94. The van der Waals surface area contributed by atoms with Crippen molar-refractivity contribution < 1.29 is 0 Å². The topological polar surface area (TPSA) is 12.9 Å². The SMILES string of the molecule is ClCc1nc(-c2ccccc2)ccc1Cl.